The van der Waals surface area contributed by atoms with Gasteiger partial charge < -0.3 is 4.90 Å². The lowest BCUT2D eigenvalue weighted by Gasteiger charge is -2.21. The average molecular weight is 177 g/mol. The molecule has 0 bridgehead atoms. The minimum Gasteiger partial charge on any atom is -0.352 e. The molecule has 1 rings (SSSR count). The van der Waals surface area contributed by atoms with Crippen molar-refractivity contribution in [2.75, 3.05) is 7.05 Å². The van der Waals surface area contributed by atoms with Crippen molar-refractivity contribution >= 4 is 0 Å². The molecular formula is C12H19N. The quantitative estimate of drug-likeness (QED) is 0.547. The monoisotopic (exact) mass is 177 g/mol. The first-order valence-corrected chi connectivity index (χ1v) is 4.72. The highest BCUT2D eigenvalue weighted by Gasteiger charge is 2.11. The van der Waals surface area contributed by atoms with Crippen molar-refractivity contribution in [3.63, 3.8) is 0 Å². The molecule has 0 aromatic rings. The third-order valence-electron chi connectivity index (χ3n) is 3.15. The predicted octanol–water partition coefficient (Wildman–Crippen LogP) is 3.47. The van der Waals surface area contributed by atoms with Gasteiger partial charge in [0, 0.05) is 18.4 Å². The highest BCUT2D eigenvalue weighted by atomic mass is 15.1. The molecule has 0 spiro atoms. The van der Waals surface area contributed by atoms with Crippen molar-refractivity contribution in [1.82, 2.24) is 4.90 Å². The van der Waals surface area contributed by atoms with Gasteiger partial charge in [-0.1, -0.05) is 0 Å². The molecule has 0 unspecified atom stereocenters. The first-order valence-electron chi connectivity index (χ1n) is 4.72. The summed E-state index contributed by atoms with van der Waals surface area (Å²) in [5.41, 5.74) is 6.84. The molecule has 13 heavy (non-hydrogen) atoms. The Bertz CT molecular complexity index is 316. The van der Waals surface area contributed by atoms with Gasteiger partial charge in [0.2, 0.25) is 0 Å². The lowest BCUT2D eigenvalue weighted by Crippen LogP contribution is -2.13. The fraction of sp³-hybridized carbons (Fsp3) is 0.500. The highest BCUT2D eigenvalue weighted by Crippen LogP contribution is 2.26. The van der Waals surface area contributed by atoms with Gasteiger partial charge in [0.05, 0.1) is 0 Å². The smallest absolute Gasteiger partial charge is 0.0174 e. The van der Waals surface area contributed by atoms with Crippen LogP contribution in [0.15, 0.2) is 34.2 Å². The Hall–Kier alpha value is -0.980. The van der Waals surface area contributed by atoms with Crippen molar-refractivity contribution in [2.45, 2.75) is 34.6 Å². The summed E-state index contributed by atoms with van der Waals surface area (Å²) in [6.45, 7) is 10.9. The second kappa shape index (κ2) is 3.41. The molecule has 0 atom stereocenters. The standard InChI is InChI=1S/C12H19N/c1-8-7-9(2)13(6)12(5)11(4)10(8)3/h7H,1-6H3. The lowest BCUT2D eigenvalue weighted by atomic mass is 10.0. The van der Waals surface area contributed by atoms with Crippen LogP contribution in [0.2, 0.25) is 0 Å². The van der Waals surface area contributed by atoms with E-state index in [1.165, 1.54) is 28.1 Å². The summed E-state index contributed by atoms with van der Waals surface area (Å²) < 4.78 is 0. The Morgan fingerprint density at radius 1 is 0.923 bits per heavy atom. The summed E-state index contributed by atoms with van der Waals surface area (Å²) >= 11 is 0. The van der Waals surface area contributed by atoms with Gasteiger partial charge in [0.25, 0.3) is 0 Å². The molecule has 1 heterocycles. The Balaban J connectivity index is 3.32. The minimum atomic E-state index is 1.31. The van der Waals surface area contributed by atoms with Gasteiger partial charge in [0.1, 0.15) is 0 Å². The van der Waals surface area contributed by atoms with Crippen molar-refractivity contribution in [3.05, 3.63) is 34.2 Å². The molecule has 72 valence electrons. The summed E-state index contributed by atoms with van der Waals surface area (Å²) in [6, 6.07) is 0. The fourth-order valence-electron chi connectivity index (χ4n) is 1.60. The number of hydrogen-bond acceptors (Lipinski definition) is 1. The van der Waals surface area contributed by atoms with E-state index in [-0.39, 0.29) is 0 Å². The molecule has 1 nitrogen and oxygen atoms in total. The second-order valence-electron chi connectivity index (χ2n) is 3.86. The zero-order valence-electron chi connectivity index (χ0n) is 9.52. The Kier molecular flexibility index (Phi) is 2.65. The van der Waals surface area contributed by atoms with Gasteiger partial charge in [-0.25, -0.2) is 0 Å². The SMILES string of the molecule is CC1=CC(C)=C(C)C(C)=C(C)N1C. The van der Waals surface area contributed by atoms with Crippen LogP contribution in [0, 0.1) is 0 Å². The molecule has 0 radical (unpaired) electrons. The molecule has 0 aromatic carbocycles. The lowest BCUT2D eigenvalue weighted by molar-refractivity contribution is 0.517. The van der Waals surface area contributed by atoms with Gasteiger partial charge in [0.15, 0.2) is 0 Å². The van der Waals surface area contributed by atoms with Crippen LogP contribution in [0.25, 0.3) is 0 Å². The van der Waals surface area contributed by atoms with Gasteiger partial charge >= 0.3 is 0 Å². The van der Waals surface area contributed by atoms with E-state index in [0.717, 1.165) is 0 Å². The van der Waals surface area contributed by atoms with Crippen LogP contribution in [0.5, 0.6) is 0 Å². The molecular weight excluding hydrogens is 158 g/mol. The van der Waals surface area contributed by atoms with Gasteiger partial charge in [-0.05, 0) is 57.4 Å². The van der Waals surface area contributed by atoms with Crippen molar-refractivity contribution in [3.8, 4) is 0 Å². The number of nitrogens with zero attached hydrogens (tertiary/aromatic N) is 1. The van der Waals surface area contributed by atoms with Crippen LogP contribution >= 0.6 is 0 Å². The van der Waals surface area contributed by atoms with Gasteiger partial charge in [-0.3, -0.25) is 0 Å². The molecule has 0 saturated heterocycles. The molecule has 1 aliphatic heterocycles. The Labute approximate surface area is 81.4 Å². The normalized spacial score (nSPS) is 19.2. The van der Waals surface area contributed by atoms with E-state index >= 15 is 0 Å². The first kappa shape index (κ1) is 10.1. The molecule has 0 saturated carbocycles. The van der Waals surface area contributed by atoms with E-state index < -0.39 is 0 Å². The summed E-state index contributed by atoms with van der Waals surface area (Å²) in [7, 11) is 2.12. The van der Waals surface area contributed by atoms with Gasteiger partial charge in [-0.2, -0.15) is 0 Å². The van der Waals surface area contributed by atoms with Crippen LogP contribution in [0.4, 0.5) is 0 Å². The zero-order chi connectivity index (χ0) is 10.2. The van der Waals surface area contributed by atoms with Crippen molar-refractivity contribution < 1.29 is 0 Å². The van der Waals surface area contributed by atoms with E-state index in [1.807, 2.05) is 0 Å². The van der Waals surface area contributed by atoms with Crippen LogP contribution in [-0.2, 0) is 0 Å². The Morgan fingerprint density at radius 3 is 2.00 bits per heavy atom. The summed E-state index contributed by atoms with van der Waals surface area (Å²) in [4.78, 5) is 2.25. The molecule has 0 aliphatic carbocycles. The first-order chi connectivity index (χ1) is 5.95. The molecule has 1 aliphatic rings. The Morgan fingerprint density at radius 2 is 1.46 bits per heavy atom. The highest BCUT2D eigenvalue weighted by molar-refractivity contribution is 5.42. The summed E-state index contributed by atoms with van der Waals surface area (Å²) in [5, 5.41) is 0. The van der Waals surface area contributed by atoms with E-state index in [4.69, 9.17) is 0 Å². The third-order valence-corrected chi connectivity index (χ3v) is 3.15. The maximum Gasteiger partial charge on any atom is 0.0174 e. The van der Waals surface area contributed by atoms with Gasteiger partial charge in [-0.15, -0.1) is 0 Å². The second-order valence-corrected chi connectivity index (χ2v) is 3.86. The topological polar surface area (TPSA) is 3.24 Å². The molecule has 0 N–H and O–H groups in total. The third kappa shape index (κ3) is 1.69. The predicted molar refractivity (Wildman–Crippen MR) is 58.3 cm³/mol. The maximum atomic E-state index is 2.25. The molecule has 0 fully saturated rings. The van der Waals surface area contributed by atoms with Crippen LogP contribution in [0.3, 0.4) is 0 Å². The summed E-state index contributed by atoms with van der Waals surface area (Å²) in [6.07, 6.45) is 2.25. The average Bonchev–Trinajstić information content (AvgIpc) is 2.15. The van der Waals surface area contributed by atoms with E-state index in [1.54, 1.807) is 0 Å². The number of allylic oxidation sites excluding steroid dienone is 6. The fourth-order valence-corrected chi connectivity index (χ4v) is 1.60. The van der Waals surface area contributed by atoms with E-state index in [9.17, 15) is 0 Å². The molecule has 0 aromatic heterocycles. The van der Waals surface area contributed by atoms with Crippen LogP contribution < -0.4 is 0 Å². The van der Waals surface area contributed by atoms with Crippen molar-refractivity contribution in [1.29, 1.82) is 0 Å². The number of hydrogen-bond donors (Lipinski definition) is 0. The molecule has 0 amide bonds. The van der Waals surface area contributed by atoms with Crippen LogP contribution in [0.1, 0.15) is 34.6 Å². The van der Waals surface area contributed by atoms with Crippen LogP contribution in [-0.4, -0.2) is 11.9 Å². The largest absolute Gasteiger partial charge is 0.352 e. The minimum absolute atomic E-state index is 1.31. The number of rotatable bonds is 0. The van der Waals surface area contributed by atoms with E-state index in [2.05, 4.69) is 52.6 Å². The van der Waals surface area contributed by atoms with E-state index in [0.29, 0.717) is 0 Å². The molecule has 1 heteroatoms. The maximum absolute atomic E-state index is 2.25. The zero-order valence-corrected chi connectivity index (χ0v) is 9.52. The van der Waals surface area contributed by atoms with Crippen molar-refractivity contribution in [2.24, 2.45) is 0 Å². The summed E-state index contributed by atoms with van der Waals surface area (Å²) in [5.74, 6) is 0.